The molecule has 0 aliphatic carbocycles. The van der Waals surface area contributed by atoms with Gasteiger partial charge in [-0.05, 0) is 51.0 Å². The molecule has 0 fully saturated rings. The molecule has 2 N–H and O–H groups in total. The molecule has 0 saturated carbocycles. The molecule has 0 bridgehead atoms. The lowest BCUT2D eigenvalue weighted by molar-refractivity contribution is 0.208. The summed E-state index contributed by atoms with van der Waals surface area (Å²) in [6.07, 6.45) is 0.965. The molecular weight excluding hydrogens is 214 g/mol. The maximum Gasteiger partial charge on any atom is 0.122 e. The molecule has 1 aliphatic heterocycles. The summed E-state index contributed by atoms with van der Waals surface area (Å²) in [6.45, 7) is 8.18. The Morgan fingerprint density at radius 1 is 1.41 bits per heavy atom. The number of phenols is 1. The Labute approximate surface area is 103 Å². The fourth-order valence-electron chi connectivity index (χ4n) is 2.03. The van der Waals surface area contributed by atoms with Gasteiger partial charge in [-0.1, -0.05) is 0 Å². The van der Waals surface area contributed by atoms with Crippen LogP contribution in [0.3, 0.4) is 0 Å². The van der Waals surface area contributed by atoms with E-state index in [-0.39, 0.29) is 5.54 Å². The van der Waals surface area contributed by atoms with Crippen molar-refractivity contribution in [1.82, 2.24) is 5.32 Å². The minimum Gasteiger partial charge on any atom is -0.508 e. The van der Waals surface area contributed by atoms with Crippen LogP contribution in [-0.2, 0) is 6.42 Å². The zero-order valence-electron chi connectivity index (χ0n) is 10.8. The first-order chi connectivity index (χ1) is 7.94. The van der Waals surface area contributed by atoms with Crippen LogP contribution in [0.25, 0.3) is 0 Å². The van der Waals surface area contributed by atoms with Gasteiger partial charge in [-0.15, -0.1) is 0 Å². The summed E-state index contributed by atoms with van der Waals surface area (Å²) in [4.78, 5) is 0. The summed E-state index contributed by atoms with van der Waals surface area (Å²) >= 11 is 0. The minimum absolute atomic E-state index is 0.138. The Hall–Kier alpha value is -1.22. The predicted molar refractivity (Wildman–Crippen MR) is 68.6 cm³/mol. The third-order valence-electron chi connectivity index (χ3n) is 2.95. The van der Waals surface area contributed by atoms with Crippen molar-refractivity contribution in [3.63, 3.8) is 0 Å². The molecule has 1 heterocycles. The molecule has 1 aromatic rings. The van der Waals surface area contributed by atoms with Gasteiger partial charge < -0.3 is 15.2 Å². The van der Waals surface area contributed by atoms with E-state index in [1.54, 1.807) is 12.1 Å². The Kier molecular flexibility index (Phi) is 3.29. The summed E-state index contributed by atoms with van der Waals surface area (Å²) in [6, 6.07) is 5.32. The van der Waals surface area contributed by atoms with Crippen LogP contribution in [0.4, 0.5) is 0 Å². The molecule has 2 rings (SSSR count). The minimum atomic E-state index is 0.138. The maximum atomic E-state index is 9.46. The fraction of sp³-hybridized carbons (Fsp3) is 0.571. The molecule has 94 valence electrons. The van der Waals surface area contributed by atoms with Crippen LogP contribution in [0.5, 0.6) is 11.5 Å². The number of hydrogen-bond donors (Lipinski definition) is 2. The number of nitrogens with one attached hydrogen (secondary N) is 1. The predicted octanol–water partition coefficient (Wildman–Crippen LogP) is 2.33. The zero-order chi connectivity index (χ0) is 12.5. The van der Waals surface area contributed by atoms with E-state index in [1.807, 2.05) is 6.07 Å². The monoisotopic (exact) mass is 235 g/mol. The van der Waals surface area contributed by atoms with E-state index in [0.717, 1.165) is 30.9 Å². The lowest BCUT2D eigenvalue weighted by Crippen LogP contribution is -2.41. The highest BCUT2D eigenvalue weighted by atomic mass is 16.5. The largest absolute Gasteiger partial charge is 0.508 e. The fourth-order valence-corrected chi connectivity index (χ4v) is 2.03. The Morgan fingerprint density at radius 3 is 2.88 bits per heavy atom. The number of hydrogen-bond acceptors (Lipinski definition) is 3. The average molecular weight is 235 g/mol. The van der Waals surface area contributed by atoms with Gasteiger partial charge in [0.05, 0.1) is 6.61 Å². The second-order valence-electron chi connectivity index (χ2n) is 5.80. The van der Waals surface area contributed by atoms with E-state index in [0.29, 0.717) is 11.7 Å². The summed E-state index contributed by atoms with van der Waals surface area (Å²) in [5, 5.41) is 13.0. The van der Waals surface area contributed by atoms with E-state index < -0.39 is 0 Å². The topological polar surface area (TPSA) is 41.5 Å². The van der Waals surface area contributed by atoms with Gasteiger partial charge in [-0.3, -0.25) is 0 Å². The third-order valence-corrected chi connectivity index (χ3v) is 2.95. The summed E-state index contributed by atoms with van der Waals surface area (Å²) in [5.74, 6) is 1.70. The van der Waals surface area contributed by atoms with Crippen molar-refractivity contribution < 1.29 is 9.84 Å². The molecule has 0 amide bonds. The van der Waals surface area contributed by atoms with Gasteiger partial charge in [-0.25, -0.2) is 0 Å². The lowest BCUT2D eigenvalue weighted by Gasteiger charge is -2.29. The number of rotatable bonds is 2. The van der Waals surface area contributed by atoms with Crippen LogP contribution < -0.4 is 10.1 Å². The molecule has 0 spiro atoms. The SMILES string of the molecule is CC(C)(C)NCC1COc2ccc(O)cc2C1. The first-order valence-electron chi connectivity index (χ1n) is 6.14. The van der Waals surface area contributed by atoms with Crippen molar-refractivity contribution in [1.29, 1.82) is 0 Å². The maximum absolute atomic E-state index is 9.46. The van der Waals surface area contributed by atoms with Crippen LogP contribution in [-0.4, -0.2) is 23.8 Å². The molecule has 0 aromatic heterocycles. The van der Waals surface area contributed by atoms with Gasteiger partial charge >= 0.3 is 0 Å². The Balaban J connectivity index is 1.98. The number of phenolic OH excluding ortho intramolecular Hbond substituents is 1. The molecule has 17 heavy (non-hydrogen) atoms. The van der Waals surface area contributed by atoms with Gasteiger partial charge in [0.2, 0.25) is 0 Å². The Morgan fingerprint density at radius 2 is 2.18 bits per heavy atom. The highest BCUT2D eigenvalue weighted by molar-refractivity contribution is 5.41. The standard InChI is InChI=1S/C14H21NO2/c1-14(2,3)15-8-10-6-11-7-12(16)4-5-13(11)17-9-10/h4-5,7,10,15-16H,6,8-9H2,1-3H3. The van der Waals surface area contributed by atoms with E-state index >= 15 is 0 Å². The molecule has 3 heteroatoms. The van der Waals surface area contributed by atoms with Crippen molar-refractivity contribution in [3.8, 4) is 11.5 Å². The second-order valence-corrected chi connectivity index (χ2v) is 5.80. The van der Waals surface area contributed by atoms with Crippen molar-refractivity contribution in [3.05, 3.63) is 23.8 Å². The quantitative estimate of drug-likeness (QED) is 0.826. The molecule has 0 radical (unpaired) electrons. The van der Waals surface area contributed by atoms with Gasteiger partial charge in [0.25, 0.3) is 0 Å². The molecule has 1 aliphatic rings. The Bertz CT molecular complexity index is 396. The summed E-state index contributed by atoms with van der Waals surface area (Å²) in [5.41, 5.74) is 1.25. The van der Waals surface area contributed by atoms with Crippen LogP contribution in [0.15, 0.2) is 18.2 Å². The van der Waals surface area contributed by atoms with E-state index in [2.05, 4.69) is 26.1 Å². The van der Waals surface area contributed by atoms with Crippen molar-refractivity contribution >= 4 is 0 Å². The molecule has 1 unspecified atom stereocenters. The van der Waals surface area contributed by atoms with Gasteiger partial charge in [0.15, 0.2) is 0 Å². The smallest absolute Gasteiger partial charge is 0.122 e. The van der Waals surface area contributed by atoms with Gasteiger partial charge in [-0.2, -0.15) is 0 Å². The van der Waals surface area contributed by atoms with Crippen molar-refractivity contribution in [2.24, 2.45) is 5.92 Å². The van der Waals surface area contributed by atoms with Crippen LogP contribution in [0.2, 0.25) is 0 Å². The summed E-state index contributed by atoms with van der Waals surface area (Å²) in [7, 11) is 0. The highest BCUT2D eigenvalue weighted by Gasteiger charge is 2.21. The highest BCUT2D eigenvalue weighted by Crippen LogP contribution is 2.30. The molecule has 1 aromatic carbocycles. The number of ether oxygens (including phenoxy) is 1. The number of benzene rings is 1. The molecule has 0 saturated heterocycles. The number of aromatic hydroxyl groups is 1. The number of fused-ring (bicyclic) bond motifs is 1. The molecule has 3 nitrogen and oxygen atoms in total. The van der Waals surface area contributed by atoms with Crippen LogP contribution in [0, 0.1) is 5.92 Å². The van der Waals surface area contributed by atoms with Crippen molar-refractivity contribution in [2.45, 2.75) is 32.7 Å². The van der Waals surface area contributed by atoms with E-state index in [4.69, 9.17) is 4.74 Å². The van der Waals surface area contributed by atoms with E-state index in [1.165, 1.54) is 0 Å². The second kappa shape index (κ2) is 4.57. The van der Waals surface area contributed by atoms with Gasteiger partial charge in [0, 0.05) is 18.0 Å². The van der Waals surface area contributed by atoms with E-state index in [9.17, 15) is 5.11 Å². The summed E-state index contributed by atoms with van der Waals surface area (Å²) < 4.78 is 5.71. The zero-order valence-corrected chi connectivity index (χ0v) is 10.8. The lowest BCUT2D eigenvalue weighted by atomic mass is 9.95. The van der Waals surface area contributed by atoms with Crippen LogP contribution >= 0.6 is 0 Å². The van der Waals surface area contributed by atoms with Crippen molar-refractivity contribution in [2.75, 3.05) is 13.2 Å². The first-order valence-corrected chi connectivity index (χ1v) is 6.14. The molecule has 1 atom stereocenters. The third kappa shape index (κ3) is 3.37. The van der Waals surface area contributed by atoms with Crippen LogP contribution in [0.1, 0.15) is 26.3 Å². The van der Waals surface area contributed by atoms with Gasteiger partial charge in [0.1, 0.15) is 11.5 Å². The average Bonchev–Trinajstić information content (AvgIpc) is 2.24. The normalized spacial score (nSPS) is 19.6. The first kappa shape index (κ1) is 12.2. The molecular formula is C14H21NO2.